The molecular formula is C14H11NO. The first-order valence-corrected chi connectivity index (χ1v) is 5.22. The van der Waals surface area contributed by atoms with Crippen LogP contribution in [0.5, 0.6) is 5.75 Å². The third-order valence-corrected chi connectivity index (χ3v) is 2.57. The minimum absolute atomic E-state index is 0.863. The van der Waals surface area contributed by atoms with Crippen molar-refractivity contribution in [3.63, 3.8) is 0 Å². The van der Waals surface area contributed by atoms with E-state index in [0.29, 0.717) is 0 Å². The van der Waals surface area contributed by atoms with Crippen molar-refractivity contribution in [2.24, 2.45) is 0 Å². The lowest BCUT2D eigenvalue weighted by atomic mass is 10.1. The first-order chi connectivity index (χ1) is 7.93. The Morgan fingerprint density at radius 3 is 2.44 bits per heavy atom. The highest BCUT2D eigenvalue weighted by atomic mass is 16.6. The van der Waals surface area contributed by atoms with E-state index >= 15 is 0 Å². The maximum absolute atomic E-state index is 5.47. The lowest BCUT2D eigenvalue weighted by Gasteiger charge is -2.18. The minimum Gasteiger partial charge on any atom is -0.382 e. The van der Waals surface area contributed by atoms with Crippen molar-refractivity contribution in [2.75, 3.05) is 0 Å². The molecule has 2 aromatic rings. The van der Waals surface area contributed by atoms with Crippen LogP contribution in [-0.2, 0) is 0 Å². The summed E-state index contributed by atoms with van der Waals surface area (Å²) >= 11 is 0. The molecule has 0 saturated heterocycles. The molecule has 3 rings (SSSR count). The summed E-state index contributed by atoms with van der Waals surface area (Å²) in [5.74, 6) is 0.863. The Balaban J connectivity index is 2.04. The van der Waals surface area contributed by atoms with Crippen LogP contribution in [-0.4, -0.2) is 0 Å². The first-order valence-electron chi connectivity index (χ1n) is 5.22. The highest BCUT2D eigenvalue weighted by Gasteiger charge is 2.10. The molecule has 2 nitrogen and oxygen atoms in total. The van der Waals surface area contributed by atoms with Gasteiger partial charge in [-0.25, -0.2) is 5.48 Å². The van der Waals surface area contributed by atoms with Crippen molar-refractivity contribution < 1.29 is 4.84 Å². The Hall–Kier alpha value is -2.22. The van der Waals surface area contributed by atoms with E-state index in [1.165, 1.54) is 0 Å². The Morgan fingerprint density at radius 2 is 1.56 bits per heavy atom. The van der Waals surface area contributed by atoms with Gasteiger partial charge in [-0.3, -0.25) is 0 Å². The van der Waals surface area contributed by atoms with Gasteiger partial charge in [0.15, 0.2) is 5.75 Å². The third-order valence-electron chi connectivity index (χ3n) is 2.57. The lowest BCUT2D eigenvalue weighted by Crippen LogP contribution is -2.20. The molecule has 0 aromatic heterocycles. The Kier molecular flexibility index (Phi) is 2.11. The largest absolute Gasteiger partial charge is 0.382 e. The first kappa shape index (κ1) is 9.04. The molecule has 1 heterocycles. The predicted molar refractivity (Wildman–Crippen MR) is 64.5 cm³/mol. The molecule has 0 spiro atoms. The van der Waals surface area contributed by atoms with E-state index in [9.17, 15) is 0 Å². The normalized spacial score (nSPS) is 13.1. The van der Waals surface area contributed by atoms with Gasteiger partial charge in [0.2, 0.25) is 0 Å². The van der Waals surface area contributed by atoms with Crippen molar-refractivity contribution in [3.05, 3.63) is 65.7 Å². The van der Waals surface area contributed by atoms with Crippen molar-refractivity contribution in [1.82, 2.24) is 5.48 Å². The summed E-state index contributed by atoms with van der Waals surface area (Å²) in [4.78, 5) is 5.47. The molecule has 0 atom stereocenters. The van der Waals surface area contributed by atoms with E-state index in [2.05, 4.69) is 23.7 Å². The molecule has 2 heteroatoms. The van der Waals surface area contributed by atoms with Crippen LogP contribution in [0.4, 0.5) is 0 Å². The van der Waals surface area contributed by atoms with Crippen molar-refractivity contribution >= 4 is 11.8 Å². The zero-order valence-corrected chi connectivity index (χ0v) is 8.68. The summed E-state index contributed by atoms with van der Waals surface area (Å²) in [7, 11) is 0. The number of benzene rings is 2. The average Bonchev–Trinajstić information content (AvgIpc) is 2.39. The molecule has 0 bridgehead atoms. The number of hydroxylamine groups is 1. The van der Waals surface area contributed by atoms with Crippen molar-refractivity contribution in [1.29, 1.82) is 0 Å². The lowest BCUT2D eigenvalue weighted by molar-refractivity contribution is 0.249. The van der Waals surface area contributed by atoms with E-state index in [4.69, 9.17) is 4.84 Å². The number of fused-ring (bicyclic) bond motifs is 1. The van der Waals surface area contributed by atoms with Gasteiger partial charge in [-0.2, -0.15) is 0 Å². The number of hydrogen-bond acceptors (Lipinski definition) is 2. The van der Waals surface area contributed by atoms with Gasteiger partial charge in [0.25, 0.3) is 0 Å². The molecule has 1 aliphatic heterocycles. The summed E-state index contributed by atoms with van der Waals surface area (Å²) in [5.41, 5.74) is 6.16. The summed E-state index contributed by atoms with van der Waals surface area (Å²) < 4.78 is 0. The Morgan fingerprint density at radius 1 is 0.812 bits per heavy atom. The molecule has 1 aliphatic rings. The molecule has 0 amide bonds. The number of hydrogen-bond donors (Lipinski definition) is 1. The molecular weight excluding hydrogens is 198 g/mol. The SMILES string of the molecule is C1=C(c2ccccc2)NOc2ccccc21. The average molecular weight is 209 g/mol. The summed E-state index contributed by atoms with van der Waals surface area (Å²) in [6, 6.07) is 18.1. The predicted octanol–water partition coefficient (Wildman–Crippen LogP) is 3.08. The van der Waals surface area contributed by atoms with Gasteiger partial charge < -0.3 is 4.84 Å². The molecule has 2 aromatic carbocycles. The second kappa shape index (κ2) is 3.74. The van der Waals surface area contributed by atoms with Crippen molar-refractivity contribution in [2.45, 2.75) is 0 Å². The quantitative estimate of drug-likeness (QED) is 0.779. The second-order valence-corrected chi connectivity index (χ2v) is 3.67. The Bertz CT molecular complexity index is 531. The molecule has 0 saturated carbocycles. The van der Waals surface area contributed by atoms with E-state index in [1.54, 1.807) is 0 Å². The smallest absolute Gasteiger partial charge is 0.162 e. The topological polar surface area (TPSA) is 21.3 Å². The highest BCUT2D eigenvalue weighted by molar-refractivity contribution is 5.83. The van der Waals surface area contributed by atoms with Crippen LogP contribution >= 0.6 is 0 Å². The van der Waals surface area contributed by atoms with Gasteiger partial charge in [-0.1, -0.05) is 48.5 Å². The third kappa shape index (κ3) is 1.54. The summed E-state index contributed by atoms with van der Waals surface area (Å²) in [6.07, 6.45) is 2.09. The standard InChI is InChI=1S/C14H11NO/c1-2-6-11(7-3-1)13-10-12-8-4-5-9-14(12)16-15-13/h1-10,15H. The van der Waals surface area contributed by atoms with E-state index in [0.717, 1.165) is 22.6 Å². The highest BCUT2D eigenvalue weighted by Crippen LogP contribution is 2.27. The molecule has 0 aliphatic carbocycles. The molecule has 1 N–H and O–H groups in total. The zero-order chi connectivity index (χ0) is 10.8. The monoisotopic (exact) mass is 209 g/mol. The molecule has 0 unspecified atom stereocenters. The molecule has 0 fully saturated rings. The number of nitrogens with one attached hydrogen (secondary N) is 1. The minimum atomic E-state index is 0.863. The molecule has 16 heavy (non-hydrogen) atoms. The fourth-order valence-corrected chi connectivity index (χ4v) is 1.75. The molecule has 0 radical (unpaired) electrons. The van der Waals surface area contributed by atoms with Gasteiger partial charge in [0.1, 0.15) is 0 Å². The summed E-state index contributed by atoms with van der Waals surface area (Å²) in [5, 5.41) is 0. The molecule has 78 valence electrons. The van der Waals surface area contributed by atoms with Crippen LogP contribution in [0.25, 0.3) is 11.8 Å². The maximum atomic E-state index is 5.47. The Labute approximate surface area is 94.1 Å². The van der Waals surface area contributed by atoms with Gasteiger partial charge in [0.05, 0.1) is 5.70 Å². The van der Waals surface area contributed by atoms with Crippen LogP contribution in [0.2, 0.25) is 0 Å². The van der Waals surface area contributed by atoms with Crippen LogP contribution in [0.15, 0.2) is 54.6 Å². The van der Waals surface area contributed by atoms with E-state index < -0.39 is 0 Å². The zero-order valence-electron chi connectivity index (χ0n) is 8.68. The van der Waals surface area contributed by atoms with Crippen LogP contribution in [0, 0.1) is 0 Å². The fraction of sp³-hybridized carbons (Fsp3) is 0. The van der Waals surface area contributed by atoms with Crippen molar-refractivity contribution in [3.8, 4) is 5.75 Å². The van der Waals surface area contributed by atoms with Crippen LogP contribution in [0.1, 0.15) is 11.1 Å². The van der Waals surface area contributed by atoms with E-state index in [-0.39, 0.29) is 0 Å². The number of para-hydroxylation sites is 1. The number of rotatable bonds is 1. The van der Waals surface area contributed by atoms with Gasteiger partial charge >= 0.3 is 0 Å². The fourth-order valence-electron chi connectivity index (χ4n) is 1.75. The maximum Gasteiger partial charge on any atom is 0.162 e. The van der Waals surface area contributed by atoms with Gasteiger partial charge in [0, 0.05) is 11.1 Å². The van der Waals surface area contributed by atoms with Gasteiger partial charge in [-0.05, 0) is 12.1 Å². The second-order valence-electron chi connectivity index (χ2n) is 3.67. The van der Waals surface area contributed by atoms with Crippen LogP contribution in [0.3, 0.4) is 0 Å². The van der Waals surface area contributed by atoms with Gasteiger partial charge in [-0.15, -0.1) is 0 Å². The van der Waals surface area contributed by atoms with Crippen LogP contribution < -0.4 is 10.3 Å². The summed E-state index contributed by atoms with van der Waals surface area (Å²) in [6.45, 7) is 0. The van der Waals surface area contributed by atoms with E-state index in [1.807, 2.05) is 42.5 Å².